The monoisotopic (exact) mass is 523 g/mol. The Morgan fingerprint density at radius 1 is 0.375 bits per heavy atom. The molecule has 5 rings (SSSR count). The third-order valence-corrected chi connectivity index (χ3v) is 8.79. The van der Waals surface area contributed by atoms with Gasteiger partial charge in [-0.1, -0.05) is 157 Å². The van der Waals surface area contributed by atoms with E-state index in [1.54, 1.807) is 0 Å². The maximum Gasteiger partial charge on any atom is 0.0425 e. The predicted octanol–water partition coefficient (Wildman–Crippen LogP) is 10.4. The summed E-state index contributed by atoms with van der Waals surface area (Å²) >= 11 is 0. The number of hydrogen-bond donors (Lipinski definition) is 1. The molecular weight excluding hydrogens is 482 g/mol. The second-order valence-corrected chi connectivity index (χ2v) is 12.4. The summed E-state index contributed by atoms with van der Waals surface area (Å²) in [6.07, 6.45) is 0. The van der Waals surface area contributed by atoms with Crippen molar-refractivity contribution in [2.75, 3.05) is 5.32 Å². The van der Waals surface area contributed by atoms with E-state index in [0.717, 1.165) is 11.4 Å². The van der Waals surface area contributed by atoms with Gasteiger partial charge in [0.15, 0.2) is 0 Å². The molecule has 0 spiro atoms. The van der Waals surface area contributed by atoms with Crippen molar-refractivity contribution in [3.8, 4) is 0 Å². The van der Waals surface area contributed by atoms with Crippen LogP contribution in [-0.2, 0) is 16.2 Å². The quantitative estimate of drug-likeness (QED) is 0.213. The summed E-state index contributed by atoms with van der Waals surface area (Å²) in [5, 5.41) is 3.79. The van der Waals surface area contributed by atoms with E-state index < -0.39 is 0 Å². The molecule has 0 aliphatic heterocycles. The number of benzene rings is 5. The first kappa shape index (κ1) is 27.5. The van der Waals surface area contributed by atoms with Gasteiger partial charge in [-0.2, -0.15) is 0 Å². The van der Waals surface area contributed by atoms with Crippen LogP contribution in [0.1, 0.15) is 74.9 Å². The smallest absolute Gasteiger partial charge is 0.0425 e. The van der Waals surface area contributed by atoms with Gasteiger partial charge >= 0.3 is 0 Å². The molecule has 0 saturated carbocycles. The molecular formula is C39H41N. The minimum atomic E-state index is -0.193. The van der Waals surface area contributed by atoms with Crippen LogP contribution >= 0.6 is 0 Å². The second kappa shape index (κ2) is 10.8. The van der Waals surface area contributed by atoms with Gasteiger partial charge in [-0.3, -0.25) is 0 Å². The fraction of sp³-hybridized carbons (Fsp3) is 0.231. The summed E-state index contributed by atoms with van der Waals surface area (Å²) in [5.41, 5.74) is 9.68. The maximum atomic E-state index is 3.79. The van der Waals surface area contributed by atoms with Crippen LogP contribution in [-0.4, -0.2) is 0 Å². The Morgan fingerprint density at radius 3 is 1.23 bits per heavy atom. The molecule has 202 valence electrons. The number of anilines is 2. The molecule has 0 aromatic heterocycles. The van der Waals surface area contributed by atoms with Crippen LogP contribution in [0.15, 0.2) is 133 Å². The molecule has 5 aromatic rings. The molecule has 0 aliphatic rings. The molecule has 0 heterocycles. The van der Waals surface area contributed by atoms with E-state index in [2.05, 4.69) is 180 Å². The van der Waals surface area contributed by atoms with Gasteiger partial charge in [0.1, 0.15) is 0 Å². The molecule has 0 fully saturated rings. The third kappa shape index (κ3) is 5.34. The Balaban J connectivity index is 1.53. The highest BCUT2D eigenvalue weighted by molar-refractivity contribution is 5.68. The summed E-state index contributed by atoms with van der Waals surface area (Å²) in [6, 6.07) is 48.3. The summed E-state index contributed by atoms with van der Waals surface area (Å²) in [5.74, 6) is 0. The van der Waals surface area contributed by atoms with Crippen LogP contribution < -0.4 is 5.32 Å². The highest BCUT2D eigenvalue weighted by Crippen LogP contribution is 2.41. The lowest BCUT2D eigenvalue weighted by Gasteiger charge is -2.33. The Hall–Kier alpha value is -4.10. The molecule has 1 nitrogen and oxygen atoms in total. The van der Waals surface area contributed by atoms with E-state index in [1.165, 1.54) is 33.4 Å². The van der Waals surface area contributed by atoms with Gasteiger partial charge in [0.2, 0.25) is 0 Å². The SMILES string of the molecule is CC(C)(c1ccccc1)c1ccc(Nc2ccc(C(C)(C)c3ccccc3)cc2C(C)(C)c2ccccc2)cc1. The lowest BCUT2D eigenvalue weighted by atomic mass is 9.72. The van der Waals surface area contributed by atoms with Crippen molar-refractivity contribution in [1.29, 1.82) is 0 Å². The first-order valence-corrected chi connectivity index (χ1v) is 14.3. The molecule has 0 saturated heterocycles. The van der Waals surface area contributed by atoms with E-state index in [4.69, 9.17) is 0 Å². The molecule has 0 amide bonds. The zero-order valence-electron chi connectivity index (χ0n) is 24.7. The number of nitrogens with one attached hydrogen (secondary N) is 1. The van der Waals surface area contributed by atoms with Crippen molar-refractivity contribution in [3.63, 3.8) is 0 Å². The van der Waals surface area contributed by atoms with E-state index in [1.807, 2.05) is 0 Å². The Morgan fingerprint density at radius 2 is 0.750 bits per heavy atom. The molecule has 0 radical (unpaired) electrons. The fourth-order valence-corrected chi connectivity index (χ4v) is 5.74. The average molecular weight is 524 g/mol. The molecule has 1 N–H and O–H groups in total. The first-order chi connectivity index (χ1) is 19.1. The zero-order chi connectivity index (χ0) is 28.4. The lowest BCUT2D eigenvalue weighted by Crippen LogP contribution is -2.24. The van der Waals surface area contributed by atoms with Crippen LogP contribution in [0.25, 0.3) is 0 Å². The molecule has 5 aromatic carbocycles. The molecule has 0 unspecified atom stereocenters. The lowest BCUT2D eigenvalue weighted by molar-refractivity contribution is 0.619. The molecule has 0 atom stereocenters. The molecule has 0 bridgehead atoms. The van der Waals surface area contributed by atoms with Crippen LogP contribution in [0.3, 0.4) is 0 Å². The molecule has 0 aliphatic carbocycles. The van der Waals surface area contributed by atoms with Crippen molar-refractivity contribution in [2.45, 2.75) is 57.8 Å². The number of hydrogen-bond acceptors (Lipinski definition) is 1. The van der Waals surface area contributed by atoms with Gasteiger partial charge in [0, 0.05) is 27.6 Å². The van der Waals surface area contributed by atoms with Crippen LogP contribution in [0.2, 0.25) is 0 Å². The third-order valence-electron chi connectivity index (χ3n) is 8.79. The summed E-state index contributed by atoms with van der Waals surface area (Å²) in [6.45, 7) is 13.9. The van der Waals surface area contributed by atoms with Crippen LogP contribution in [0.5, 0.6) is 0 Å². The van der Waals surface area contributed by atoms with Crippen LogP contribution in [0, 0.1) is 0 Å². The molecule has 40 heavy (non-hydrogen) atoms. The average Bonchev–Trinajstić information content (AvgIpc) is 2.99. The predicted molar refractivity (Wildman–Crippen MR) is 172 cm³/mol. The Kier molecular flexibility index (Phi) is 7.43. The summed E-state index contributed by atoms with van der Waals surface area (Å²) < 4.78 is 0. The van der Waals surface area contributed by atoms with E-state index >= 15 is 0 Å². The second-order valence-electron chi connectivity index (χ2n) is 12.4. The highest BCUT2D eigenvalue weighted by Gasteiger charge is 2.30. The minimum Gasteiger partial charge on any atom is -0.355 e. The van der Waals surface area contributed by atoms with Gasteiger partial charge in [-0.15, -0.1) is 0 Å². The normalized spacial score (nSPS) is 12.2. The zero-order valence-corrected chi connectivity index (χ0v) is 24.7. The van der Waals surface area contributed by atoms with Gasteiger partial charge in [0.05, 0.1) is 0 Å². The van der Waals surface area contributed by atoms with Gasteiger partial charge in [0.25, 0.3) is 0 Å². The summed E-state index contributed by atoms with van der Waals surface area (Å²) in [4.78, 5) is 0. The summed E-state index contributed by atoms with van der Waals surface area (Å²) in [7, 11) is 0. The molecule has 1 heteroatoms. The van der Waals surface area contributed by atoms with E-state index in [9.17, 15) is 0 Å². The Labute approximate surface area is 240 Å². The largest absolute Gasteiger partial charge is 0.355 e. The topological polar surface area (TPSA) is 12.0 Å². The maximum absolute atomic E-state index is 3.79. The van der Waals surface area contributed by atoms with Crippen molar-refractivity contribution in [1.82, 2.24) is 0 Å². The van der Waals surface area contributed by atoms with E-state index in [0.29, 0.717) is 0 Å². The van der Waals surface area contributed by atoms with Crippen molar-refractivity contribution < 1.29 is 0 Å². The van der Waals surface area contributed by atoms with Crippen LogP contribution in [0.4, 0.5) is 11.4 Å². The van der Waals surface area contributed by atoms with Gasteiger partial charge < -0.3 is 5.32 Å². The minimum absolute atomic E-state index is 0.0646. The fourth-order valence-electron chi connectivity index (χ4n) is 5.74. The highest BCUT2D eigenvalue weighted by atomic mass is 14.9. The van der Waals surface area contributed by atoms with Crippen molar-refractivity contribution in [3.05, 3.63) is 167 Å². The van der Waals surface area contributed by atoms with E-state index in [-0.39, 0.29) is 16.2 Å². The standard InChI is InChI=1S/C39H41N/c1-37(2,29-16-10-7-11-17-29)32-22-25-34(26-23-32)40-36-27-24-33(38(3,4)30-18-12-8-13-19-30)28-35(36)39(5,6)31-20-14-9-15-21-31/h7-28,40H,1-6H3. The van der Waals surface area contributed by atoms with Gasteiger partial charge in [-0.25, -0.2) is 0 Å². The van der Waals surface area contributed by atoms with Crippen molar-refractivity contribution >= 4 is 11.4 Å². The number of rotatable bonds is 8. The van der Waals surface area contributed by atoms with Crippen molar-refractivity contribution in [2.24, 2.45) is 0 Å². The first-order valence-electron chi connectivity index (χ1n) is 14.3. The Bertz CT molecular complexity index is 1540. The van der Waals surface area contributed by atoms with Gasteiger partial charge in [-0.05, 0) is 51.6 Å².